The van der Waals surface area contributed by atoms with Gasteiger partial charge in [-0.1, -0.05) is 18.3 Å². The number of nitrogens with one attached hydrogen (secondary N) is 2. The highest BCUT2D eigenvalue weighted by atomic mass is 32.1. The Labute approximate surface area is 170 Å². The maximum absolute atomic E-state index is 12.3. The number of aromatic nitrogens is 2. The Morgan fingerprint density at radius 2 is 1.86 bits per heavy atom. The molecule has 2 aliphatic rings. The number of likely N-dealkylation sites (tertiary alicyclic amines) is 1. The second-order valence-corrected chi connectivity index (χ2v) is 8.84. The Morgan fingerprint density at radius 1 is 1.14 bits per heavy atom. The lowest BCUT2D eigenvalue weighted by molar-refractivity contribution is -0.125. The van der Waals surface area contributed by atoms with Crippen LogP contribution in [0.2, 0.25) is 0 Å². The van der Waals surface area contributed by atoms with Crippen LogP contribution >= 0.6 is 11.3 Å². The van der Waals surface area contributed by atoms with Crippen molar-refractivity contribution in [1.29, 1.82) is 0 Å². The molecule has 9 heteroatoms. The molecule has 2 N–H and O–H groups in total. The first-order valence-corrected chi connectivity index (χ1v) is 11.1. The van der Waals surface area contributed by atoms with Crippen LogP contribution in [-0.2, 0) is 20.7 Å². The highest BCUT2D eigenvalue weighted by Gasteiger charge is 2.35. The van der Waals surface area contributed by atoms with Gasteiger partial charge in [0, 0.05) is 44.6 Å². The molecule has 8 nitrogen and oxygen atoms in total. The van der Waals surface area contributed by atoms with Crippen molar-refractivity contribution < 1.29 is 14.3 Å². The van der Waals surface area contributed by atoms with E-state index in [0.717, 1.165) is 57.1 Å². The number of amides is 2. The van der Waals surface area contributed by atoms with Crippen LogP contribution in [-0.4, -0.2) is 66.3 Å². The second kappa shape index (κ2) is 10.3. The van der Waals surface area contributed by atoms with Gasteiger partial charge in [0.05, 0.1) is 0 Å². The zero-order valence-electron chi connectivity index (χ0n) is 16.7. The fourth-order valence-corrected chi connectivity index (χ4v) is 4.54. The molecule has 28 heavy (non-hydrogen) atoms. The summed E-state index contributed by atoms with van der Waals surface area (Å²) in [5.74, 6) is -0.277. The molecule has 1 aromatic heterocycles. The summed E-state index contributed by atoms with van der Waals surface area (Å²) in [6.45, 7) is 7.49. The van der Waals surface area contributed by atoms with E-state index < -0.39 is 0 Å². The molecule has 2 amide bonds. The van der Waals surface area contributed by atoms with E-state index in [2.05, 4.69) is 25.7 Å². The zero-order chi connectivity index (χ0) is 19.8. The maximum atomic E-state index is 12.3. The molecule has 0 saturated carbocycles. The number of hydrogen-bond acceptors (Lipinski definition) is 7. The van der Waals surface area contributed by atoms with E-state index in [1.807, 2.05) is 6.92 Å². The zero-order valence-corrected chi connectivity index (χ0v) is 17.5. The van der Waals surface area contributed by atoms with Crippen LogP contribution in [0.15, 0.2) is 0 Å². The standard InChI is InChI=1S/C19H31N5O3S/c1-2-17-22-23-18(28-17)21-16(26)6-5-15(25)20-13-19(7-11-27-12-8-19)14-24-9-3-4-10-24/h2-14H2,1H3,(H,20,25)(H,21,23,26). The monoisotopic (exact) mass is 409 g/mol. The summed E-state index contributed by atoms with van der Waals surface area (Å²) in [6.07, 6.45) is 5.60. The third-order valence-corrected chi connectivity index (χ3v) is 6.55. The average molecular weight is 410 g/mol. The second-order valence-electron chi connectivity index (χ2n) is 7.78. The predicted molar refractivity (Wildman–Crippen MR) is 108 cm³/mol. The van der Waals surface area contributed by atoms with Gasteiger partial charge in [0.2, 0.25) is 16.9 Å². The number of aryl methyl sites for hydroxylation is 1. The Kier molecular flexibility index (Phi) is 7.75. The number of carbonyl (C=O) groups is 2. The molecule has 3 heterocycles. The van der Waals surface area contributed by atoms with Gasteiger partial charge in [-0.25, -0.2) is 0 Å². The van der Waals surface area contributed by atoms with E-state index in [1.54, 1.807) is 0 Å². The normalized spacial score (nSPS) is 19.5. The summed E-state index contributed by atoms with van der Waals surface area (Å²) in [4.78, 5) is 26.9. The van der Waals surface area contributed by atoms with Gasteiger partial charge in [0.1, 0.15) is 5.01 Å². The number of rotatable bonds is 9. The summed E-state index contributed by atoms with van der Waals surface area (Å²) < 4.78 is 5.55. The van der Waals surface area contributed by atoms with Crippen LogP contribution < -0.4 is 10.6 Å². The minimum absolute atomic E-state index is 0.0750. The Balaban J connectivity index is 1.41. The largest absolute Gasteiger partial charge is 0.381 e. The third-order valence-electron chi connectivity index (χ3n) is 5.57. The Bertz CT molecular complexity index is 654. The number of ether oxygens (including phenoxy) is 1. The van der Waals surface area contributed by atoms with E-state index in [0.29, 0.717) is 11.7 Å². The van der Waals surface area contributed by atoms with E-state index in [-0.39, 0.29) is 30.1 Å². The molecule has 0 aliphatic carbocycles. The molecule has 2 fully saturated rings. The summed E-state index contributed by atoms with van der Waals surface area (Å²) in [5.41, 5.74) is 0.0869. The molecule has 1 aromatic rings. The SMILES string of the molecule is CCc1nnc(NC(=O)CCC(=O)NCC2(CN3CCCC3)CCOCC2)s1. The van der Waals surface area contributed by atoms with Crippen molar-refractivity contribution in [1.82, 2.24) is 20.4 Å². The van der Waals surface area contributed by atoms with Crippen molar-refractivity contribution >= 4 is 28.3 Å². The van der Waals surface area contributed by atoms with E-state index in [1.165, 1.54) is 24.2 Å². The summed E-state index contributed by atoms with van der Waals surface area (Å²) in [7, 11) is 0. The lowest BCUT2D eigenvalue weighted by Crippen LogP contribution is -2.48. The van der Waals surface area contributed by atoms with Crippen LogP contribution in [0.3, 0.4) is 0 Å². The molecule has 3 rings (SSSR count). The van der Waals surface area contributed by atoms with E-state index in [9.17, 15) is 9.59 Å². The number of hydrogen-bond donors (Lipinski definition) is 2. The van der Waals surface area contributed by atoms with Crippen molar-refractivity contribution in [3.8, 4) is 0 Å². The maximum Gasteiger partial charge on any atom is 0.226 e. The lowest BCUT2D eigenvalue weighted by atomic mass is 9.79. The van der Waals surface area contributed by atoms with Crippen LogP contribution in [0.1, 0.15) is 50.5 Å². The number of nitrogens with zero attached hydrogens (tertiary/aromatic N) is 3. The molecular formula is C19H31N5O3S. The first kappa shape index (κ1) is 21.1. The molecular weight excluding hydrogens is 378 g/mol. The molecule has 0 spiro atoms. The smallest absolute Gasteiger partial charge is 0.226 e. The molecule has 0 aromatic carbocycles. The van der Waals surface area contributed by atoms with Crippen molar-refractivity contribution in [2.75, 3.05) is 44.7 Å². The first-order valence-electron chi connectivity index (χ1n) is 10.3. The topological polar surface area (TPSA) is 96.5 Å². The molecule has 0 unspecified atom stereocenters. The summed E-state index contributed by atoms with van der Waals surface area (Å²) in [5, 5.41) is 15.1. The van der Waals surface area contributed by atoms with Gasteiger partial charge in [0.15, 0.2) is 0 Å². The van der Waals surface area contributed by atoms with E-state index >= 15 is 0 Å². The minimum atomic E-state index is -0.202. The van der Waals surface area contributed by atoms with Crippen molar-refractivity contribution in [3.05, 3.63) is 5.01 Å². The summed E-state index contributed by atoms with van der Waals surface area (Å²) >= 11 is 1.37. The quantitative estimate of drug-likeness (QED) is 0.646. The van der Waals surface area contributed by atoms with Crippen molar-refractivity contribution in [2.24, 2.45) is 5.41 Å². The van der Waals surface area contributed by atoms with Gasteiger partial charge in [-0.3, -0.25) is 9.59 Å². The Hall–Kier alpha value is -1.58. The van der Waals surface area contributed by atoms with Gasteiger partial charge in [-0.15, -0.1) is 10.2 Å². The number of anilines is 1. The number of carbonyl (C=O) groups excluding carboxylic acids is 2. The van der Waals surface area contributed by atoms with Crippen molar-refractivity contribution in [3.63, 3.8) is 0 Å². The molecule has 0 radical (unpaired) electrons. The molecule has 2 aliphatic heterocycles. The predicted octanol–water partition coefficient (Wildman–Crippen LogP) is 1.83. The van der Waals surface area contributed by atoms with Crippen LogP contribution in [0.25, 0.3) is 0 Å². The fourth-order valence-electron chi connectivity index (χ4n) is 3.84. The fraction of sp³-hybridized carbons (Fsp3) is 0.789. The molecule has 0 bridgehead atoms. The lowest BCUT2D eigenvalue weighted by Gasteiger charge is -2.40. The van der Waals surface area contributed by atoms with E-state index in [4.69, 9.17) is 4.74 Å². The Morgan fingerprint density at radius 3 is 2.54 bits per heavy atom. The van der Waals surface area contributed by atoms with Gasteiger partial charge < -0.3 is 20.3 Å². The highest BCUT2D eigenvalue weighted by Crippen LogP contribution is 2.32. The minimum Gasteiger partial charge on any atom is -0.381 e. The van der Waals surface area contributed by atoms with Crippen LogP contribution in [0.4, 0.5) is 5.13 Å². The van der Waals surface area contributed by atoms with Gasteiger partial charge in [-0.2, -0.15) is 0 Å². The van der Waals surface area contributed by atoms with Gasteiger partial charge in [0.25, 0.3) is 0 Å². The summed E-state index contributed by atoms with van der Waals surface area (Å²) in [6, 6.07) is 0. The average Bonchev–Trinajstić information content (AvgIpc) is 3.37. The highest BCUT2D eigenvalue weighted by molar-refractivity contribution is 7.15. The van der Waals surface area contributed by atoms with Gasteiger partial charge in [-0.05, 0) is 45.2 Å². The first-order chi connectivity index (χ1) is 13.6. The van der Waals surface area contributed by atoms with Gasteiger partial charge >= 0.3 is 0 Å². The van der Waals surface area contributed by atoms with Crippen molar-refractivity contribution in [2.45, 2.75) is 51.9 Å². The molecule has 0 atom stereocenters. The molecule has 156 valence electrons. The molecule has 2 saturated heterocycles. The van der Waals surface area contributed by atoms with Crippen LogP contribution in [0, 0.1) is 5.41 Å². The third kappa shape index (κ3) is 6.22. The van der Waals surface area contributed by atoms with Crippen LogP contribution in [0.5, 0.6) is 0 Å².